The van der Waals surface area contributed by atoms with Crippen LogP contribution in [0.15, 0.2) is 18.3 Å². The third kappa shape index (κ3) is 3.02. The summed E-state index contributed by atoms with van der Waals surface area (Å²) >= 11 is 0. The smallest absolute Gasteiger partial charge is 0.274 e. The van der Waals surface area contributed by atoms with Gasteiger partial charge in [-0.1, -0.05) is 0 Å². The molecular formula is C11H7N5O. The van der Waals surface area contributed by atoms with Crippen molar-refractivity contribution < 1.29 is 4.79 Å². The van der Waals surface area contributed by atoms with E-state index in [1.165, 1.54) is 18.3 Å². The van der Waals surface area contributed by atoms with Crippen LogP contribution in [-0.4, -0.2) is 28.9 Å². The summed E-state index contributed by atoms with van der Waals surface area (Å²) in [6.07, 6.45) is 1.27. The molecule has 0 radical (unpaired) electrons. The van der Waals surface area contributed by atoms with Crippen LogP contribution in [0, 0.1) is 34.0 Å². The summed E-state index contributed by atoms with van der Waals surface area (Å²) in [5.74, 6) is -0.502. The normalized spacial score (nSPS) is 8.53. The molecule has 6 heteroatoms. The third-order valence-corrected chi connectivity index (χ3v) is 1.92. The van der Waals surface area contributed by atoms with Crippen LogP contribution in [0.1, 0.15) is 16.1 Å². The first-order chi connectivity index (χ1) is 8.22. The highest BCUT2D eigenvalue weighted by Crippen LogP contribution is 2.03. The average molecular weight is 225 g/mol. The zero-order chi connectivity index (χ0) is 12.7. The van der Waals surface area contributed by atoms with Gasteiger partial charge in [0.05, 0.1) is 17.7 Å². The molecule has 0 aliphatic carbocycles. The minimum atomic E-state index is -0.502. The van der Waals surface area contributed by atoms with Gasteiger partial charge in [0.2, 0.25) is 0 Å². The van der Waals surface area contributed by atoms with Crippen molar-refractivity contribution in [3.8, 4) is 18.2 Å². The summed E-state index contributed by atoms with van der Waals surface area (Å²) in [4.78, 5) is 16.7. The molecule has 1 aromatic rings. The maximum absolute atomic E-state index is 11.8. The molecule has 0 N–H and O–H groups in total. The van der Waals surface area contributed by atoms with E-state index in [-0.39, 0.29) is 18.8 Å². The Kier molecular flexibility index (Phi) is 4.18. The number of carbonyl (C=O) groups is 1. The quantitative estimate of drug-likeness (QED) is 0.694. The van der Waals surface area contributed by atoms with Crippen molar-refractivity contribution in [2.24, 2.45) is 0 Å². The summed E-state index contributed by atoms with van der Waals surface area (Å²) in [5.41, 5.74) is 0.447. The van der Waals surface area contributed by atoms with E-state index in [2.05, 4.69) is 4.98 Å². The standard InChI is InChI=1S/C11H7N5O/c12-3-5-16(6-4-13)11(17)10-2-1-9(7-14)8-15-10/h1-2,8H,5-6H2. The molecule has 0 spiro atoms. The molecule has 1 aromatic heterocycles. The van der Waals surface area contributed by atoms with Crippen LogP contribution >= 0.6 is 0 Å². The molecule has 1 rings (SSSR count). The lowest BCUT2D eigenvalue weighted by molar-refractivity contribution is 0.0789. The fourth-order valence-corrected chi connectivity index (χ4v) is 1.12. The molecule has 17 heavy (non-hydrogen) atoms. The lowest BCUT2D eigenvalue weighted by atomic mass is 10.2. The van der Waals surface area contributed by atoms with Gasteiger partial charge < -0.3 is 4.90 Å². The Balaban J connectivity index is 2.91. The molecule has 6 nitrogen and oxygen atoms in total. The van der Waals surface area contributed by atoms with Crippen LogP contribution in [0.3, 0.4) is 0 Å². The molecule has 0 saturated carbocycles. The first kappa shape index (κ1) is 12.2. The van der Waals surface area contributed by atoms with Crippen LogP contribution in [0.2, 0.25) is 0 Å². The molecule has 0 unspecified atom stereocenters. The minimum Gasteiger partial charge on any atom is -0.311 e. The zero-order valence-electron chi connectivity index (χ0n) is 8.79. The van der Waals surface area contributed by atoms with Gasteiger partial charge in [0.15, 0.2) is 0 Å². The van der Waals surface area contributed by atoms with Gasteiger partial charge >= 0.3 is 0 Å². The lowest BCUT2D eigenvalue weighted by Crippen LogP contribution is -2.32. The highest BCUT2D eigenvalue weighted by Gasteiger charge is 2.16. The van der Waals surface area contributed by atoms with Crippen LogP contribution in [0.4, 0.5) is 0 Å². The second kappa shape index (κ2) is 5.85. The van der Waals surface area contributed by atoms with Crippen molar-refractivity contribution in [2.45, 2.75) is 0 Å². The zero-order valence-corrected chi connectivity index (χ0v) is 8.79. The number of rotatable bonds is 3. The van der Waals surface area contributed by atoms with Gasteiger partial charge in [0.1, 0.15) is 24.9 Å². The first-order valence-electron chi connectivity index (χ1n) is 4.62. The van der Waals surface area contributed by atoms with Crippen molar-refractivity contribution >= 4 is 5.91 Å². The van der Waals surface area contributed by atoms with Crippen molar-refractivity contribution in [1.82, 2.24) is 9.88 Å². The second-order valence-electron chi connectivity index (χ2n) is 3.02. The van der Waals surface area contributed by atoms with Gasteiger partial charge in [-0.05, 0) is 12.1 Å². The van der Waals surface area contributed by atoms with Gasteiger partial charge in [0.25, 0.3) is 5.91 Å². The van der Waals surface area contributed by atoms with Gasteiger partial charge in [-0.3, -0.25) is 4.79 Å². The number of nitrogens with zero attached hydrogens (tertiary/aromatic N) is 5. The number of nitriles is 3. The molecule has 0 aliphatic rings. The largest absolute Gasteiger partial charge is 0.311 e. The molecule has 0 aliphatic heterocycles. The number of amides is 1. The Labute approximate surface area is 97.9 Å². The number of hydrogen-bond acceptors (Lipinski definition) is 5. The van der Waals surface area contributed by atoms with E-state index in [1.54, 1.807) is 12.1 Å². The summed E-state index contributed by atoms with van der Waals surface area (Å²) in [7, 11) is 0. The van der Waals surface area contributed by atoms with Crippen molar-refractivity contribution in [1.29, 1.82) is 15.8 Å². The van der Waals surface area contributed by atoms with Crippen molar-refractivity contribution in [3.63, 3.8) is 0 Å². The SMILES string of the molecule is N#CCN(CC#N)C(=O)c1ccc(C#N)cn1. The Bertz CT molecular complexity index is 513. The van der Waals surface area contributed by atoms with E-state index in [9.17, 15) is 4.79 Å². The van der Waals surface area contributed by atoms with Gasteiger partial charge in [0, 0.05) is 6.20 Å². The third-order valence-electron chi connectivity index (χ3n) is 1.92. The summed E-state index contributed by atoms with van der Waals surface area (Å²) < 4.78 is 0. The molecule has 0 aromatic carbocycles. The molecule has 82 valence electrons. The van der Waals surface area contributed by atoms with E-state index in [1.807, 2.05) is 6.07 Å². The van der Waals surface area contributed by atoms with E-state index in [0.29, 0.717) is 5.56 Å². The number of pyridine rings is 1. The molecule has 0 saturated heterocycles. The number of hydrogen-bond donors (Lipinski definition) is 0. The summed E-state index contributed by atoms with van der Waals surface area (Å²) in [6.45, 7) is -0.345. The highest BCUT2D eigenvalue weighted by molar-refractivity contribution is 5.92. The average Bonchev–Trinajstić information content (AvgIpc) is 2.38. The topological polar surface area (TPSA) is 105 Å². The number of carbonyl (C=O) groups excluding carboxylic acids is 1. The Hall–Kier alpha value is -2.91. The maximum Gasteiger partial charge on any atom is 0.274 e. The molecule has 0 fully saturated rings. The molecule has 1 amide bonds. The first-order valence-corrected chi connectivity index (χ1v) is 4.62. The lowest BCUT2D eigenvalue weighted by Gasteiger charge is -2.14. The number of aromatic nitrogens is 1. The molecule has 1 heterocycles. The summed E-state index contributed by atoms with van der Waals surface area (Å²) in [5, 5.41) is 25.6. The van der Waals surface area contributed by atoms with E-state index >= 15 is 0 Å². The van der Waals surface area contributed by atoms with E-state index < -0.39 is 5.91 Å². The predicted molar refractivity (Wildman–Crippen MR) is 56.1 cm³/mol. The van der Waals surface area contributed by atoms with Crippen molar-refractivity contribution in [2.75, 3.05) is 13.1 Å². The van der Waals surface area contributed by atoms with Crippen molar-refractivity contribution in [3.05, 3.63) is 29.6 Å². The Morgan fingerprint density at radius 2 is 1.88 bits per heavy atom. The molecule has 0 bridgehead atoms. The Morgan fingerprint density at radius 1 is 1.24 bits per heavy atom. The molecular weight excluding hydrogens is 218 g/mol. The second-order valence-corrected chi connectivity index (χ2v) is 3.02. The Morgan fingerprint density at radius 3 is 2.29 bits per heavy atom. The molecule has 0 atom stereocenters. The monoisotopic (exact) mass is 225 g/mol. The van der Waals surface area contributed by atoms with Gasteiger partial charge in [-0.15, -0.1) is 0 Å². The van der Waals surface area contributed by atoms with Gasteiger partial charge in [-0.2, -0.15) is 15.8 Å². The minimum absolute atomic E-state index is 0.106. The highest BCUT2D eigenvalue weighted by atomic mass is 16.2. The van der Waals surface area contributed by atoms with Gasteiger partial charge in [-0.25, -0.2) is 4.98 Å². The van der Waals surface area contributed by atoms with Crippen LogP contribution in [-0.2, 0) is 0 Å². The van der Waals surface area contributed by atoms with E-state index in [0.717, 1.165) is 4.90 Å². The van der Waals surface area contributed by atoms with Crippen LogP contribution in [0.25, 0.3) is 0 Å². The van der Waals surface area contributed by atoms with Crippen LogP contribution in [0.5, 0.6) is 0 Å². The van der Waals surface area contributed by atoms with E-state index in [4.69, 9.17) is 15.8 Å². The fraction of sp³-hybridized carbons (Fsp3) is 0.182. The summed E-state index contributed by atoms with van der Waals surface area (Å²) in [6, 6.07) is 8.33. The van der Waals surface area contributed by atoms with Crippen LogP contribution < -0.4 is 0 Å². The fourth-order valence-electron chi connectivity index (χ4n) is 1.12. The maximum atomic E-state index is 11.8. The predicted octanol–water partition coefficient (Wildman–Crippen LogP) is 0.443.